The van der Waals surface area contributed by atoms with Gasteiger partial charge in [0, 0.05) is 27.1 Å². The highest BCUT2D eigenvalue weighted by molar-refractivity contribution is 7.89. The van der Waals surface area contributed by atoms with Gasteiger partial charge in [0.25, 0.3) is 0 Å². The average Bonchev–Trinajstić information content (AvgIpc) is 2.75. The number of benzene rings is 2. The fourth-order valence-corrected chi connectivity index (χ4v) is 3.92. The van der Waals surface area contributed by atoms with Crippen LogP contribution in [0, 0.1) is 0 Å². The van der Waals surface area contributed by atoms with Gasteiger partial charge in [0.15, 0.2) is 0 Å². The third-order valence-electron chi connectivity index (χ3n) is 4.78. The molecule has 2 rings (SSSR count). The Balaban J connectivity index is 1.86. The lowest BCUT2D eigenvalue weighted by atomic mass is 10.1. The molecule has 0 heterocycles. The van der Waals surface area contributed by atoms with Crippen molar-refractivity contribution in [3.8, 4) is 11.5 Å². The van der Waals surface area contributed by atoms with E-state index in [2.05, 4.69) is 5.32 Å². The number of nitrogens with one attached hydrogen (secondary N) is 1. The zero-order chi connectivity index (χ0) is 22.1. The summed E-state index contributed by atoms with van der Waals surface area (Å²) in [5.41, 5.74) is 1.88. The van der Waals surface area contributed by atoms with E-state index in [0.29, 0.717) is 24.3 Å². The molecule has 0 fully saturated rings. The van der Waals surface area contributed by atoms with Crippen LogP contribution in [0.5, 0.6) is 11.5 Å². The van der Waals surface area contributed by atoms with E-state index < -0.39 is 10.0 Å². The van der Waals surface area contributed by atoms with Gasteiger partial charge in [-0.05, 0) is 60.7 Å². The maximum atomic E-state index is 12.3. The third kappa shape index (κ3) is 6.47. The summed E-state index contributed by atoms with van der Waals surface area (Å²) in [4.78, 5) is 12.4. The molecule has 0 aliphatic carbocycles. The number of hydrogen-bond acceptors (Lipinski definition) is 5. The predicted octanol–water partition coefficient (Wildman–Crippen LogP) is 2.64. The van der Waals surface area contributed by atoms with E-state index in [0.717, 1.165) is 22.9 Å². The molecule has 0 radical (unpaired) electrons. The molecule has 164 valence electrons. The number of amides is 1. The van der Waals surface area contributed by atoms with Gasteiger partial charge in [-0.15, -0.1) is 0 Å². The molecule has 0 unspecified atom stereocenters. The summed E-state index contributed by atoms with van der Waals surface area (Å²) in [5.74, 6) is 1.32. The van der Waals surface area contributed by atoms with Crippen molar-refractivity contribution in [3.63, 3.8) is 0 Å². The SMILES string of the molecule is COc1ccc(CCCNC(=O)CCc2cc(S(=O)(=O)N(C)C)ccc2OC)cc1. The minimum Gasteiger partial charge on any atom is -0.497 e. The largest absolute Gasteiger partial charge is 0.497 e. The second kappa shape index (κ2) is 11.0. The van der Waals surface area contributed by atoms with E-state index >= 15 is 0 Å². The van der Waals surface area contributed by atoms with Gasteiger partial charge < -0.3 is 14.8 Å². The number of carbonyl (C=O) groups excluding carboxylic acids is 1. The Hall–Kier alpha value is -2.58. The number of sulfonamides is 1. The van der Waals surface area contributed by atoms with Crippen molar-refractivity contribution >= 4 is 15.9 Å². The minimum absolute atomic E-state index is 0.0762. The van der Waals surface area contributed by atoms with Crippen molar-refractivity contribution in [2.45, 2.75) is 30.6 Å². The lowest BCUT2D eigenvalue weighted by molar-refractivity contribution is -0.121. The number of ether oxygens (including phenoxy) is 2. The Bertz CT molecular complexity index is 941. The van der Waals surface area contributed by atoms with Gasteiger partial charge in [0.1, 0.15) is 11.5 Å². The first-order valence-corrected chi connectivity index (χ1v) is 11.2. The molecule has 30 heavy (non-hydrogen) atoms. The maximum Gasteiger partial charge on any atom is 0.242 e. The number of hydrogen-bond donors (Lipinski definition) is 1. The van der Waals surface area contributed by atoms with Gasteiger partial charge in [-0.1, -0.05) is 12.1 Å². The van der Waals surface area contributed by atoms with Crippen LogP contribution >= 0.6 is 0 Å². The van der Waals surface area contributed by atoms with Crippen molar-refractivity contribution in [1.29, 1.82) is 0 Å². The normalized spacial score (nSPS) is 11.4. The summed E-state index contributed by atoms with van der Waals surface area (Å²) in [6, 6.07) is 12.6. The molecule has 0 aliphatic rings. The second-order valence-corrected chi connectivity index (χ2v) is 9.21. The average molecular weight is 435 g/mol. The van der Waals surface area contributed by atoms with Crippen LogP contribution in [0.4, 0.5) is 0 Å². The fourth-order valence-electron chi connectivity index (χ4n) is 2.97. The monoisotopic (exact) mass is 434 g/mol. The standard InChI is InChI=1S/C22H30N2O5S/c1-24(2)30(26,27)20-12-13-21(29-4)18(16-20)9-14-22(25)23-15-5-6-17-7-10-19(28-3)11-8-17/h7-8,10-13,16H,5-6,9,14-15H2,1-4H3,(H,23,25). The summed E-state index contributed by atoms with van der Waals surface area (Å²) in [5, 5.41) is 2.92. The number of carbonyl (C=O) groups is 1. The molecular formula is C22H30N2O5S. The van der Waals surface area contributed by atoms with E-state index in [1.54, 1.807) is 19.2 Å². The summed E-state index contributed by atoms with van der Waals surface area (Å²) in [6.45, 7) is 0.580. The topological polar surface area (TPSA) is 84.9 Å². The first-order chi connectivity index (χ1) is 14.3. The molecule has 0 atom stereocenters. The molecule has 8 heteroatoms. The zero-order valence-electron chi connectivity index (χ0n) is 18.0. The number of methoxy groups -OCH3 is 2. The smallest absolute Gasteiger partial charge is 0.242 e. The Morgan fingerprint density at radius 3 is 2.30 bits per heavy atom. The molecule has 0 spiro atoms. The van der Waals surface area contributed by atoms with E-state index in [4.69, 9.17) is 9.47 Å². The van der Waals surface area contributed by atoms with Crippen LogP contribution in [0.1, 0.15) is 24.0 Å². The van der Waals surface area contributed by atoms with Crippen molar-refractivity contribution in [3.05, 3.63) is 53.6 Å². The van der Waals surface area contributed by atoms with Crippen molar-refractivity contribution in [2.24, 2.45) is 0 Å². The lowest BCUT2D eigenvalue weighted by Crippen LogP contribution is -2.25. The molecule has 0 saturated carbocycles. The molecular weight excluding hydrogens is 404 g/mol. The Morgan fingerprint density at radius 2 is 1.70 bits per heavy atom. The van der Waals surface area contributed by atoms with Gasteiger partial charge in [-0.2, -0.15) is 0 Å². The first-order valence-electron chi connectivity index (χ1n) is 9.77. The molecule has 0 aliphatic heterocycles. The molecule has 0 saturated heterocycles. The van der Waals surface area contributed by atoms with Crippen LogP contribution in [0.2, 0.25) is 0 Å². The third-order valence-corrected chi connectivity index (χ3v) is 6.59. The fraction of sp³-hybridized carbons (Fsp3) is 0.409. The molecule has 0 bridgehead atoms. The molecule has 2 aromatic carbocycles. The van der Waals surface area contributed by atoms with Crippen LogP contribution in [-0.4, -0.2) is 53.5 Å². The van der Waals surface area contributed by atoms with Crippen LogP contribution in [0.3, 0.4) is 0 Å². The summed E-state index contributed by atoms with van der Waals surface area (Å²) < 4.78 is 36.3. The number of nitrogens with zero attached hydrogens (tertiary/aromatic N) is 1. The van der Waals surface area contributed by atoms with E-state index in [1.807, 2.05) is 24.3 Å². The van der Waals surface area contributed by atoms with Crippen molar-refractivity contribution < 1.29 is 22.7 Å². The minimum atomic E-state index is -3.54. The van der Waals surface area contributed by atoms with Gasteiger partial charge in [-0.25, -0.2) is 12.7 Å². The Kier molecular flexibility index (Phi) is 8.68. The van der Waals surface area contributed by atoms with Crippen molar-refractivity contribution in [1.82, 2.24) is 9.62 Å². The summed E-state index contributed by atoms with van der Waals surface area (Å²) in [7, 11) is 2.59. The highest BCUT2D eigenvalue weighted by Gasteiger charge is 2.19. The Labute approximate surface area is 179 Å². The predicted molar refractivity (Wildman–Crippen MR) is 117 cm³/mol. The van der Waals surface area contributed by atoms with Gasteiger partial charge in [0.05, 0.1) is 19.1 Å². The van der Waals surface area contributed by atoms with Crippen LogP contribution in [0.25, 0.3) is 0 Å². The molecule has 7 nitrogen and oxygen atoms in total. The molecule has 1 amide bonds. The zero-order valence-corrected chi connectivity index (χ0v) is 18.8. The highest BCUT2D eigenvalue weighted by atomic mass is 32.2. The summed E-state index contributed by atoms with van der Waals surface area (Å²) in [6.07, 6.45) is 2.34. The van der Waals surface area contributed by atoms with E-state index in [9.17, 15) is 13.2 Å². The molecule has 2 aromatic rings. The van der Waals surface area contributed by atoms with Crippen LogP contribution in [0.15, 0.2) is 47.4 Å². The molecule has 1 N–H and O–H groups in total. The quantitative estimate of drug-likeness (QED) is 0.550. The van der Waals surface area contributed by atoms with Crippen LogP contribution in [-0.2, 0) is 27.7 Å². The first kappa shape index (κ1) is 23.7. The van der Waals surface area contributed by atoms with Crippen molar-refractivity contribution in [2.75, 3.05) is 34.9 Å². The van der Waals surface area contributed by atoms with E-state index in [-0.39, 0.29) is 17.2 Å². The second-order valence-electron chi connectivity index (χ2n) is 7.06. The number of aryl methyl sites for hydroxylation is 2. The summed E-state index contributed by atoms with van der Waals surface area (Å²) >= 11 is 0. The van der Waals surface area contributed by atoms with Gasteiger partial charge in [0.2, 0.25) is 15.9 Å². The lowest BCUT2D eigenvalue weighted by Gasteiger charge is -2.14. The number of rotatable bonds is 11. The molecule has 0 aromatic heterocycles. The highest BCUT2D eigenvalue weighted by Crippen LogP contribution is 2.25. The van der Waals surface area contributed by atoms with Gasteiger partial charge in [-0.3, -0.25) is 4.79 Å². The maximum absolute atomic E-state index is 12.3. The van der Waals surface area contributed by atoms with Gasteiger partial charge >= 0.3 is 0 Å². The van der Waals surface area contributed by atoms with E-state index in [1.165, 1.54) is 32.8 Å². The Morgan fingerprint density at radius 1 is 1.00 bits per heavy atom. The van der Waals surface area contributed by atoms with Crippen LogP contribution < -0.4 is 14.8 Å².